The molecule has 0 fully saturated rings. The highest BCUT2D eigenvalue weighted by Crippen LogP contribution is 2.34. The predicted octanol–water partition coefficient (Wildman–Crippen LogP) is 1.73. The Balaban J connectivity index is 2.02. The van der Waals surface area contributed by atoms with Gasteiger partial charge in [0.1, 0.15) is 0 Å². The molecular formula is C17H29N3O. The Kier molecular flexibility index (Phi) is 6.18. The van der Waals surface area contributed by atoms with Gasteiger partial charge < -0.3 is 15.7 Å². The molecule has 1 aliphatic heterocycles. The Morgan fingerprint density at radius 1 is 1.29 bits per heavy atom. The Morgan fingerprint density at radius 2 is 2.10 bits per heavy atom. The van der Waals surface area contributed by atoms with E-state index in [9.17, 15) is 0 Å². The van der Waals surface area contributed by atoms with Crippen molar-refractivity contribution in [2.45, 2.75) is 38.4 Å². The summed E-state index contributed by atoms with van der Waals surface area (Å²) < 4.78 is 0. The third-order valence-electron chi connectivity index (χ3n) is 4.21. The van der Waals surface area contributed by atoms with E-state index in [-0.39, 0.29) is 0 Å². The van der Waals surface area contributed by atoms with Crippen molar-refractivity contribution in [3.8, 4) is 0 Å². The van der Waals surface area contributed by atoms with Crippen LogP contribution in [-0.4, -0.2) is 48.7 Å². The van der Waals surface area contributed by atoms with E-state index in [1.807, 2.05) is 0 Å². The van der Waals surface area contributed by atoms with Crippen LogP contribution in [0.5, 0.6) is 0 Å². The Labute approximate surface area is 128 Å². The van der Waals surface area contributed by atoms with Crippen LogP contribution in [0, 0.1) is 0 Å². The molecule has 118 valence electrons. The SMILES string of the molecule is CN(C)Cc1ccc2c(c1)C(CN)N(CCCCCO)C2. The molecule has 2 rings (SSSR count). The zero-order chi connectivity index (χ0) is 15.2. The van der Waals surface area contributed by atoms with E-state index < -0.39 is 0 Å². The molecule has 0 radical (unpaired) electrons. The number of fused-ring (bicyclic) bond motifs is 1. The molecule has 0 saturated carbocycles. The number of nitrogens with zero attached hydrogens (tertiary/aromatic N) is 2. The van der Waals surface area contributed by atoms with Gasteiger partial charge in [0.15, 0.2) is 0 Å². The van der Waals surface area contributed by atoms with Crippen LogP contribution in [0.1, 0.15) is 42.0 Å². The Bertz CT molecular complexity index is 448. The number of hydrogen-bond acceptors (Lipinski definition) is 4. The second kappa shape index (κ2) is 7.90. The van der Waals surface area contributed by atoms with E-state index in [1.165, 1.54) is 16.7 Å². The van der Waals surface area contributed by atoms with E-state index in [0.717, 1.165) is 38.9 Å². The molecule has 1 unspecified atom stereocenters. The van der Waals surface area contributed by atoms with E-state index in [2.05, 4.69) is 42.1 Å². The minimum absolute atomic E-state index is 0.300. The third-order valence-corrected chi connectivity index (χ3v) is 4.21. The number of unbranched alkanes of at least 4 members (excludes halogenated alkanes) is 2. The molecule has 0 aliphatic carbocycles. The van der Waals surface area contributed by atoms with Gasteiger partial charge in [-0.3, -0.25) is 4.90 Å². The number of benzene rings is 1. The van der Waals surface area contributed by atoms with Crippen LogP contribution in [0.3, 0.4) is 0 Å². The topological polar surface area (TPSA) is 52.7 Å². The van der Waals surface area contributed by atoms with Crippen molar-refractivity contribution < 1.29 is 5.11 Å². The molecule has 21 heavy (non-hydrogen) atoms. The summed E-state index contributed by atoms with van der Waals surface area (Å²) in [6, 6.07) is 7.20. The normalized spacial score (nSPS) is 18.4. The van der Waals surface area contributed by atoms with Gasteiger partial charge in [-0.15, -0.1) is 0 Å². The van der Waals surface area contributed by atoms with Gasteiger partial charge in [0, 0.05) is 32.3 Å². The van der Waals surface area contributed by atoms with Crippen molar-refractivity contribution in [2.24, 2.45) is 5.73 Å². The van der Waals surface area contributed by atoms with Crippen molar-refractivity contribution >= 4 is 0 Å². The minimum atomic E-state index is 0.300. The van der Waals surface area contributed by atoms with Crippen LogP contribution < -0.4 is 5.73 Å². The van der Waals surface area contributed by atoms with Crippen molar-refractivity contribution in [3.63, 3.8) is 0 Å². The number of hydrogen-bond donors (Lipinski definition) is 2. The number of nitrogens with two attached hydrogens (primary N) is 1. The number of aliphatic hydroxyl groups excluding tert-OH is 1. The van der Waals surface area contributed by atoms with Gasteiger partial charge in [0.25, 0.3) is 0 Å². The lowest BCUT2D eigenvalue weighted by Gasteiger charge is -2.23. The molecule has 0 bridgehead atoms. The zero-order valence-electron chi connectivity index (χ0n) is 13.4. The number of rotatable bonds is 8. The molecule has 3 N–H and O–H groups in total. The van der Waals surface area contributed by atoms with Gasteiger partial charge in [-0.25, -0.2) is 0 Å². The van der Waals surface area contributed by atoms with Gasteiger partial charge in [0.2, 0.25) is 0 Å². The van der Waals surface area contributed by atoms with Crippen molar-refractivity contribution in [1.29, 1.82) is 0 Å². The molecule has 0 amide bonds. The summed E-state index contributed by atoms with van der Waals surface area (Å²) in [5.74, 6) is 0. The molecule has 0 saturated heterocycles. The lowest BCUT2D eigenvalue weighted by molar-refractivity contribution is 0.210. The number of aliphatic hydroxyl groups is 1. The van der Waals surface area contributed by atoms with Gasteiger partial charge >= 0.3 is 0 Å². The van der Waals surface area contributed by atoms with Crippen LogP contribution in [-0.2, 0) is 13.1 Å². The van der Waals surface area contributed by atoms with Crippen LogP contribution in [0.25, 0.3) is 0 Å². The second-order valence-corrected chi connectivity index (χ2v) is 6.28. The average molecular weight is 291 g/mol. The van der Waals surface area contributed by atoms with Crippen LogP contribution >= 0.6 is 0 Å². The highest BCUT2D eigenvalue weighted by atomic mass is 16.2. The molecule has 0 aromatic heterocycles. The second-order valence-electron chi connectivity index (χ2n) is 6.28. The van der Waals surface area contributed by atoms with Crippen molar-refractivity contribution in [2.75, 3.05) is 33.8 Å². The molecule has 4 nitrogen and oxygen atoms in total. The summed E-state index contributed by atoms with van der Waals surface area (Å²) in [5, 5.41) is 8.86. The maximum Gasteiger partial charge on any atom is 0.0477 e. The summed E-state index contributed by atoms with van der Waals surface area (Å²) in [5.41, 5.74) is 10.2. The Hall–Kier alpha value is -0.940. The maximum atomic E-state index is 8.86. The van der Waals surface area contributed by atoms with Crippen molar-refractivity contribution in [1.82, 2.24) is 9.80 Å². The molecule has 1 heterocycles. The summed E-state index contributed by atoms with van der Waals surface area (Å²) in [6.45, 7) is 4.03. The van der Waals surface area contributed by atoms with Crippen LogP contribution in [0.4, 0.5) is 0 Å². The summed E-state index contributed by atoms with van der Waals surface area (Å²) in [4.78, 5) is 4.68. The predicted molar refractivity (Wildman–Crippen MR) is 87.0 cm³/mol. The van der Waals surface area contributed by atoms with E-state index in [0.29, 0.717) is 19.2 Å². The quantitative estimate of drug-likeness (QED) is 0.716. The fourth-order valence-corrected chi connectivity index (χ4v) is 3.20. The van der Waals surface area contributed by atoms with Crippen molar-refractivity contribution in [3.05, 3.63) is 34.9 Å². The minimum Gasteiger partial charge on any atom is -0.396 e. The fraction of sp³-hybridized carbons (Fsp3) is 0.647. The van der Waals surface area contributed by atoms with Crippen LogP contribution in [0.15, 0.2) is 18.2 Å². The lowest BCUT2D eigenvalue weighted by Crippen LogP contribution is -2.28. The molecule has 1 aliphatic rings. The van der Waals surface area contributed by atoms with Gasteiger partial charge in [0.05, 0.1) is 0 Å². The molecule has 4 heteroatoms. The first-order valence-electron chi connectivity index (χ1n) is 7.97. The summed E-state index contributed by atoms with van der Waals surface area (Å²) in [7, 11) is 4.20. The highest BCUT2D eigenvalue weighted by molar-refractivity contribution is 5.38. The smallest absolute Gasteiger partial charge is 0.0477 e. The first-order chi connectivity index (χ1) is 10.2. The monoisotopic (exact) mass is 291 g/mol. The van der Waals surface area contributed by atoms with E-state index in [1.54, 1.807) is 0 Å². The molecule has 0 spiro atoms. The van der Waals surface area contributed by atoms with E-state index >= 15 is 0 Å². The first kappa shape index (κ1) is 16.4. The average Bonchev–Trinajstić information content (AvgIpc) is 2.79. The largest absolute Gasteiger partial charge is 0.396 e. The third kappa shape index (κ3) is 4.27. The molecular weight excluding hydrogens is 262 g/mol. The maximum absolute atomic E-state index is 8.86. The van der Waals surface area contributed by atoms with Gasteiger partial charge in [-0.2, -0.15) is 0 Å². The van der Waals surface area contributed by atoms with E-state index in [4.69, 9.17) is 10.8 Å². The zero-order valence-corrected chi connectivity index (χ0v) is 13.4. The highest BCUT2D eigenvalue weighted by Gasteiger charge is 2.28. The van der Waals surface area contributed by atoms with Crippen LogP contribution in [0.2, 0.25) is 0 Å². The molecule has 1 aromatic rings. The summed E-state index contributed by atoms with van der Waals surface area (Å²) in [6.07, 6.45) is 3.13. The molecule has 1 atom stereocenters. The molecule has 1 aromatic carbocycles. The lowest BCUT2D eigenvalue weighted by atomic mass is 10.0. The first-order valence-corrected chi connectivity index (χ1v) is 7.97. The Morgan fingerprint density at radius 3 is 2.76 bits per heavy atom. The summed E-state index contributed by atoms with van der Waals surface area (Å²) >= 11 is 0. The standard InChI is InChI=1S/C17H29N3O/c1-19(2)12-14-6-7-15-13-20(8-4-3-5-9-21)17(11-18)16(15)10-14/h6-7,10,17,21H,3-5,8-9,11-13,18H2,1-2H3. The fourth-order valence-electron chi connectivity index (χ4n) is 3.20. The van der Waals surface area contributed by atoms with Gasteiger partial charge in [-0.1, -0.05) is 18.2 Å². The van der Waals surface area contributed by atoms with Gasteiger partial charge in [-0.05, 0) is 56.6 Å².